The van der Waals surface area contributed by atoms with Crippen LogP contribution in [0.15, 0.2) is 28.1 Å². The maximum atomic E-state index is 8.81. The zero-order chi connectivity index (χ0) is 10.6. The van der Waals surface area contributed by atoms with Crippen LogP contribution in [0.5, 0.6) is 0 Å². The van der Waals surface area contributed by atoms with Crippen LogP contribution >= 0.6 is 27.3 Å². The lowest BCUT2D eigenvalue weighted by Crippen LogP contribution is -1.67. The third kappa shape index (κ3) is 2.66. The average molecular weight is 271 g/mol. The van der Waals surface area contributed by atoms with Gasteiger partial charge < -0.3 is 4.79 Å². The number of carbonyl (C=O) groups excluding carboxylic acids is 1. The molecule has 0 aliphatic carbocycles. The highest BCUT2D eigenvalue weighted by atomic mass is 79.9. The van der Waals surface area contributed by atoms with Crippen LogP contribution in [0.3, 0.4) is 0 Å². The predicted molar refractivity (Wildman–Crippen MR) is 66.0 cm³/mol. The van der Waals surface area contributed by atoms with E-state index in [0.717, 1.165) is 10.8 Å². The first-order valence-electron chi connectivity index (χ1n) is 4.22. The molecular weight excluding hydrogens is 260 g/mol. The van der Waals surface area contributed by atoms with Gasteiger partial charge in [0.1, 0.15) is 6.29 Å². The number of hydrogen-bond donors (Lipinski definition) is 0. The van der Waals surface area contributed by atoms with Crippen molar-refractivity contribution < 1.29 is 4.79 Å². The van der Waals surface area contributed by atoms with Crippen LogP contribution in [-0.4, -0.2) is 6.29 Å². The summed E-state index contributed by atoms with van der Waals surface area (Å²) in [4.78, 5) is 8.81. The SMILES string of the molecule is CC=O.Cc1csc2ccc(Br)cc12. The number of aryl methyl sites for hydroxylation is 1. The van der Waals surface area contributed by atoms with E-state index in [9.17, 15) is 0 Å². The Kier molecular flexibility index (Phi) is 4.29. The molecule has 0 amide bonds. The van der Waals surface area contributed by atoms with Crippen LogP contribution in [0, 0.1) is 6.92 Å². The highest BCUT2D eigenvalue weighted by molar-refractivity contribution is 9.10. The second-order valence-corrected chi connectivity index (χ2v) is 4.62. The first kappa shape index (κ1) is 11.4. The fraction of sp³-hybridized carbons (Fsp3) is 0.182. The summed E-state index contributed by atoms with van der Waals surface area (Å²) in [5.41, 5.74) is 1.37. The summed E-state index contributed by atoms with van der Waals surface area (Å²) < 4.78 is 2.53. The lowest BCUT2D eigenvalue weighted by atomic mass is 10.2. The summed E-state index contributed by atoms with van der Waals surface area (Å²) in [6.07, 6.45) is 0.750. The molecule has 0 saturated carbocycles. The summed E-state index contributed by atoms with van der Waals surface area (Å²) in [5.74, 6) is 0. The Morgan fingerprint density at radius 2 is 2.07 bits per heavy atom. The van der Waals surface area contributed by atoms with E-state index in [1.54, 1.807) is 11.3 Å². The molecule has 1 aromatic heterocycles. The summed E-state index contributed by atoms with van der Waals surface area (Å²) in [6, 6.07) is 6.40. The van der Waals surface area contributed by atoms with E-state index in [0.29, 0.717) is 0 Å². The minimum absolute atomic E-state index is 0.750. The number of aldehydes is 1. The van der Waals surface area contributed by atoms with Gasteiger partial charge in [-0.2, -0.15) is 0 Å². The Bertz CT molecular complexity index is 434. The molecule has 0 atom stereocenters. The summed E-state index contributed by atoms with van der Waals surface area (Å²) >= 11 is 5.26. The van der Waals surface area contributed by atoms with E-state index in [-0.39, 0.29) is 0 Å². The topological polar surface area (TPSA) is 17.1 Å². The standard InChI is InChI=1S/C9H7BrS.C2H4O/c1-6-5-11-9-3-2-7(10)4-8(6)9;1-2-3/h2-5H,1H3;2H,1H3. The van der Waals surface area contributed by atoms with Crippen molar-refractivity contribution in [1.82, 2.24) is 0 Å². The van der Waals surface area contributed by atoms with Gasteiger partial charge in [-0.25, -0.2) is 0 Å². The van der Waals surface area contributed by atoms with E-state index in [2.05, 4.69) is 46.4 Å². The highest BCUT2D eigenvalue weighted by Crippen LogP contribution is 2.27. The quantitative estimate of drug-likeness (QED) is 0.657. The molecule has 0 aliphatic rings. The summed E-state index contributed by atoms with van der Waals surface area (Å²) in [5, 5.41) is 3.56. The molecule has 0 radical (unpaired) electrons. The first-order chi connectivity index (χ1) is 6.69. The largest absolute Gasteiger partial charge is 0.304 e. The molecule has 2 aromatic rings. The van der Waals surface area contributed by atoms with Crippen molar-refractivity contribution in [3.8, 4) is 0 Å². The van der Waals surface area contributed by atoms with Crippen molar-refractivity contribution in [3.63, 3.8) is 0 Å². The molecule has 0 bridgehead atoms. The minimum atomic E-state index is 0.750. The van der Waals surface area contributed by atoms with Crippen molar-refractivity contribution in [1.29, 1.82) is 0 Å². The second-order valence-electron chi connectivity index (χ2n) is 2.79. The van der Waals surface area contributed by atoms with Crippen molar-refractivity contribution in [2.24, 2.45) is 0 Å². The third-order valence-corrected chi connectivity index (χ3v) is 3.30. The molecule has 0 aliphatic heterocycles. The minimum Gasteiger partial charge on any atom is -0.304 e. The van der Waals surface area contributed by atoms with Gasteiger partial charge >= 0.3 is 0 Å². The Morgan fingerprint density at radius 3 is 2.71 bits per heavy atom. The van der Waals surface area contributed by atoms with Crippen molar-refractivity contribution in [2.45, 2.75) is 13.8 Å². The van der Waals surface area contributed by atoms with Gasteiger partial charge in [0, 0.05) is 9.17 Å². The Morgan fingerprint density at radius 1 is 1.43 bits per heavy atom. The van der Waals surface area contributed by atoms with E-state index in [1.165, 1.54) is 22.6 Å². The predicted octanol–water partition coefficient (Wildman–Crippen LogP) is 4.18. The first-order valence-corrected chi connectivity index (χ1v) is 5.89. The average Bonchev–Trinajstić information content (AvgIpc) is 2.49. The zero-order valence-corrected chi connectivity index (χ0v) is 10.5. The molecule has 0 fully saturated rings. The van der Waals surface area contributed by atoms with Gasteiger partial charge in [0.25, 0.3) is 0 Å². The van der Waals surface area contributed by atoms with Crippen LogP contribution in [0.4, 0.5) is 0 Å². The Labute approximate surface area is 95.9 Å². The lowest BCUT2D eigenvalue weighted by molar-refractivity contribution is -0.106. The number of thiophene rings is 1. The molecule has 1 aromatic carbocycles. The number of fused-ring (bicyclic) bond motifs is 1. The monoisotopic (exact) mass is 270 g/mol. The molecular formula is C11H11BrOS. The Hall–Kier alpha value is -0.670. The summed E-state index contributed by atoms with van der Waals surface area (Å²) in [6.45, 7) is 3.59. The normalized spacial score (nSPS) is 9.36. The molecule has 3 heteroatoms. The smallest absolute Gasteiger partial charge is 0.116 e. The molecule has 2 rings (SSSR count). The van der Waals surface area contributed by atoms with Gasteiger partial charge in [-0.3, -0.25) is 0 Å². The van der Waals surface area contributed by atoms with Gasteiger partial charge in [0.2, 0.25) is 0 Å². The van der Waals surface area contributed by atoms with Crippen molar-refractivity contribution in [2.75, 3.05) is 0 Å². The molecule has 1 nitrogen and oxygen atoms in total. The zero-order valence-electron chi connectivity index (χ0n) is 8.08. The van der Waals surface area contributed by atoms with Crippen LogP contribution < -0.4 is 0 Å². The fourth-order valence-electron chi connectivity index (χ4n) is 1.13. The van der Waals surface area contributed by atoms with E-state index in [1.807, 2.05) is 0 Å². The fourth-order valence-corrected chi connectivity index (χ4v) is 2.41. The molecule has 1 heterocycles. The van der Waals surface area contributed by atoms with Gasteiger partial charge in [-0.05, 0) is 48.4 Å². The van der Waals surface area contributed by atoms with E-state index < -0.39 is 0 Å². The number of benzene rings is 1. The lowest BCUT2D eigenvalue weighted by Gasteiger charge is -1.91. The Balaban J connectivity index is 0.000000293. The maximum absolute atomic E-state index is 8.81. The number of rotatable bonds is 0. The van der Waals surface area contributed by atoms with Crippen molar-refractivity contribution >= 4 is 43.6 Å². The van der Waals surface area contributed by atoms with Gasteiger partial charge in [0.05, 0.1) is 0 Å². The molecule has 74 valence electrons. The van der Waals surface area contributed by atoms with Crippen LogP contribution in [0.25, 0.3) is 10.1 Å². The third-order valence-electron chi connectivity index (χ3n) is 1.73. The van der Waals surface area contributed by atoms with E-state index >= 15 is 0 Å². The van der Waals surface area contributed by atoms with Crippen LogP contribution in [0.1, 0.15) is 12.5 Å². The molecule has 0 spiro atoms. The number of halogens is 1. The van der Waals surface area contributed by atoms with Crippen LogP contribution in [0.2, 0.25) is 0 Å². The van der Waals surface area contributed by atoms with Gasteiger partial charge in [0.15, 0.2) is 0 Å². The highest BCUT2D eigenvalue weighted by Gasteiger charge is 1.98. The molecule has 0 N–H and O–H groups in total. The van der Waals surface area contributed by atoms with Gasteiger partial charge in [-0.1, -0.05) is 15.9 Å². The summed E-state index contributed by atoms with van der Waals surface area (Å²) in [7, 11) is 0. The van der Waals surface area contributed by atoms with Crippen LogP contribution in [-0.2, 0) is 4.79 Å². The molecule has 0 unspecified atom stereocenters. The number of carbonyl (C=O) groups is 1. The van der Waals surface area contributed by atoms with Gasteiger partial charge in [-0.15, -0.1) is 11.3 Å². The molecule has 14 heavy (non-hydrogen) atoms. The molecule has 0 saturated heterocycles. The number of hydrogen-bond acceptors (Lipinski definition) is 2. The maximum Gasteiger partial charge on any atom is 0.116 e. The second kappa shape index (κ2) is 5.27. The van der Waals surface area contributed by atoms with E-state index in [4.69, 9.17) is 4.79 Å². The van der Waals surface area contributed by atoms with Crippen molar-refractivity contribution in [3.05, 3.63) is 33.6 Å².